The quantitative estimate of drug-likeness (QED) is 0.869. The number of halogens is 1. The van der Waals surface area contributed by atoms with E-state index in [2.05, 4.69) is 41.7 Å². The Morgan fingerprint density at radius 2 is 1.94 bits per heavy atom. The van der Waals surface area contributed by atoms with E-state index in [0.717, 1.165) is 17.0 Å². The number of rotatable bonds is 1. The zero-order valence-corrected chi connectivity index (χ0v) is 12.6. The highest BCUT2D eigenvalue weighted by Gasteiger charge is 2.20. The molecule has 0 aliphatic carbocycles. The van der Waals surface area contributed by atoms with E-state index in [4.69, 9.17) is 0 Å². The Morgan fingerprint density at radius 1 is 1.28 bits per heavy atom. The second kappa shape index (κ2) is 4.43. The fraction of sp³-hybridized carbons (Fsp3) is 0.357. The third-order valence-electron chi connectivity index (χ3n) is 2.99. The second-order valence-electron chi connectivity index (χ2n) is 5.47. The molecule has 2 rings (SSSR count). The SMILES string of the molecule is Cn1ccnc1-c1cc(C(C)(C)C)cc(Br)c1O. The molecular formula is C14H17BrN2O. The molecule has 1 N–H and O–H groups in total. The fourth-order valence-corrected chi connectivity index (χ4v) is 2.29. The number of aromatic nitrogens is 2. The molecule has 0 saturated carbocycles. The standard InChI is InChI=1S/C14H17BrN2O/c1-14(2,3)9-7-10(12(18)11(15)8-9)13-16-5-6-17(13)4/h5-8,18H,1-4H3. The average molecular weight is 309 g/mol. The average Bonchev–Trinajstić information content (AvgIpc) is 2.67. The van der Waals surface area contributed by atoms with Crippen LogP contribution >= 0.6 is 15.9 Å². The van der Waals surface area contributed by atoms with Gasteiger partial charge in [-0.05, 0) is 39.0 Å². The van der Waals surface area contributed by atoms with Gasteiger partial charge in [-0.25, -0.2) is 4.98 Å². The van der Waals surface area contributed by atoms with Gasteiger partial charge in [-0.2, -0.15) is 0 Å². The topological polar surface area (TPSA) is 38.0 Å². The third kappa shape index (κ3) is 2.29. The van der Waals surface area contributed by atoms with Crippen molar-refractivity contribution in [3.05, 3.63) is 34.6 Å². The highest BCUT2D eigenvalue weighted by Crippen LogP contribution is 2.38. The van der Waals surface area contributed by atoms with Crippen molar-refractivity contribution in [2.24, 2.45) is 7.05 Å². The zero-order valence-electron chi connectivity index (χ0n) is 11.0. The highest BCUT2D eigenvalue weighted by atomic mass is 79.9. The minimum atomic E-state index is 0.0239. The van der Waals surface area contributed by atoms with Gasteiger partial charge in [0.1, 0.15) is 11.6 Å². The van der Waals surface area contributed by atoms with Crippen LogP contribution in [0, 0.1) is 0 Å². The molecule has 0 aliphatic rings. The summed E-state index contributed by atoms with van der Waals surface area (Å²) in [6, 6.07) is 3.96. The van der Waals surface area contributed by atoms with Gasteiger partial charge >= 0.3 is 0 Å². The molecule has 0 bridgehead atoms. The normalized spacial score (nSPS) is 11.8. The lowest BCUT2D eigenvalue weighted by molar-refractivity contribution is 0.472. The van der Waals surface area contributed by atoms with Gasteiger partial charge in [0.25, 0.3) is 0 Å². The summed E-state index contributed by atoms with van der Waals surface area (Å²) < 4.78 is 2.60. The molecule has 0 atom stereocenters. The van der Waals surface area contributed by atoms with Crippen molar-refractivity contribution in [3.8, 4) is 17.1 Å². The van der Waals surface area contributed by atoms with Crippen molar-refractivity contribution in [2.75, 3.05) is 0 Å². The summed E-state index contributed by atoms with van der Waals surface area (Å²) in [5.41, 5.74) is 1.93. The predicted molar refractivity (Wildman–Crippen MR) is 76.7 cm³/mol. The van der Waals surface area contributed by atoms with Crippen LogP contribution in [-0.2, 0) is 12.5 Å². The fourth-order valence-electron chi connectivity index (χ4n) is 1.83. The van der Waals surface area contributed by atoms with Crippen molar-refractivity contribution in [1.29, 1.82) is 0 Å². The van der Waals surface area contributed by atoms with E-state index in [0.29, 0.717) is 4.47 Å². The summed E-state index contributed by atoms with van der Waals surface area (Å²) >= 11 is 3.41. The van der Waals surface area contributed by atoms with Gasteiger partial charge in [-0.3, -0.25) is 0 Å². The van der Waals surface area contributed by atoms with Gasteiger partial charge in [0.05, 0.1) is 10.0 Å². The summed E-state index contributed by atoms with van der Waals surface area (Å²) in [4.78, 5) is 4.29. The molecule has 3 nitrogen and oxygen atoms in total. The second-order valence-corrected chi connectivity index (χ2v) is 6.32. The molecular weight excluding hydrogens is 292 g/mol. The summed E-state index contributed by atoms with van der Waals surface area (Å²) in [5.74, 6) is 0.997. The number of aromatic hydroxyl groups is 1. The first kappa shape index (κ1) is 13.1. The molecule has 96 valence electrons. The van der Waals surface area contributed by atoms with Crippen molar-refractivity contribution in [2.45, 2.75) is 26.2 Å². The smallest absolute Gasteiger partial charge is 0.143 e. The Kier molecular flexibility index (Phi) is 3.23. The van der Waals surface area contributed by atoms with Crippen molar-refractivity contribution in [1.82, 2.24) is 9.55 Å². The minimum Gasteiger partial charge on any atom is -0.506 e. The Hall–Kier alpha value is -1.29. The molecule has 2 aromatic rings. The number of aryl methyl sites for hydroxylation is 1. The highest BCUT2D eigenvalue weighted by molar-refractivity contribution is 9.10. The molecule has 0 unspecified atom stereocenters. The summed E-state index contributed by atoms with van der Waals surface area (Å²) in [7, 11) is 1.92. The van der Waals surface area contributed by atoms with Gasteiger partial charge in [0.15, 0.2) is 0 Å². The molecule has 0 saturated heterocycles. The largest absolute Gasteiger partial charge is 0.506 e. The Balaban J connectivity index is 2.68. The molecule has 0 radical (unpaired) electrons. The van der Waals surface area contributed by atoms with Crippen LogP contribution in [0.3, 0.4) is 0 Å². The van der Waals surface area contributed by atoms with E-state index >= 15 is 0 Å². The molecule has 1 aromatic heterocycles. The monoisotopic (exact) mass is 308 g/mol. The van der Waals surface area contributed by atoms with Crippen molar-refractivity contribution in [3.63, 3.8) is 0 Å². The third-order valence-corrected chi connectivity index (χ3v) is 3.60. The Morgan fingerprint density at radius 3 is 2.44 bits per heavy atom. The molecule has 0 aliphatic heterocycles. The van der Waals surface area contributed by atoms with E-state index in [1.807, 2.05) is 29.9 Å². The molecule has 4 heteroatoms. The van der Waals surface area contributed by atoms with Crippen LogP contribution in [-0.4, -0.2) is 14.7 Å². The van der Waals surface area contributed by atoms with E-state index in [1.165, 1.54) is 0 Å². The molecule has 0 fully saturated rings. The van der Waals surface area contributed by atoms with Crippen LogP contribution in [0.4, 0.5) is 0 Å². The number of benzene rings is 1. The van der Waals surface area contributed by atoms with Crippen LogP contribution in [0.5, 0.6) is 5.75 Å². The lowest BCUT2D eigenvalue weighted by atomic mass is 9.86. The van der Waals surface area contributed by atoms with Gasteiger partial charge in [0.2, 0.25) is 0 Å². The number of phenolic OH excluding ortho intramolecular Hbond substituents is 1. The van der Waals surface area contributed by atoms with Crippen LogP contribution < -0.4 is 0 Å². The maximum atomic E-state index is 10.2. The summed E-state index contributed by atoms with van der Waals surface area (Å²) in [6.45, 7) is 6.44. The molecule has 0 spiro atoms. The number of phenols is 1. The maximum Gasteiger partial charge on any atom is 0.143 e. The number of hydrogen-bond acceptors (Lipinski definition) is 2. The molecule has 0 amide bonds. The number of nitrogens with zero attached hydrogens (tertiary/aromatic N) is 2. The first-order valence-corrected chi connectivity index (χ1v) is 6.60. The van der Waals surface area contributed by atoms with E-state index in [9.17, 15) is 5.11 Å². The molecule has 1 aromatic carbocycles. The minimum absolute atomic E-state index is 0.0239. The van der Waals surface area contributed by atoms with Gasteiger partial charge in [-0.1, -0.05) is 20.8 Å². The van der Waals surface area contributed by atoms with Crippen LogP contribution in [0.1, 0.15) is 26.3 Å². The Bertz CT molecular complexity index is 582. The van der Waals surface area contributed by atoms with E-state index < -0.39 is 0 Å². The van der Waals surface area contributed by atoms with Crippen LogP contribution in [0.25, 0.3) is 11.4 Å². The predicted octanol–water partition coefficient (Wildman–Crippen LogP) is 3.85. The van der Waals surface area contributed by atoms with E-state index in [1.54, 1.807) is 6.20 Å². The molecule has 1 heterocycles. The van der Waals surface area contributed by atoms with Crippen LogP contribution in [0.15, 0.2) is 29.0 Å². The zero-order chi connectivity index (χ0) is 13.5. The summed E-state index contributed by atoms with van der Waals surface area (Å²) in [5, 5.41) is 10.2. The number of imidazole rings is 1. The maximum absolute atomic E-state index is 10.2. The van der Waals surface area contributed by atoms with Crippen molar-refractivity contribution >= 4 is 15.9 Å². The molecule has 18 heavy (non-hydrogen) atoms. The van der Waals surface area contributed by atoms with Crippen molar-refractivity contribution < 1.29 is 5.11 Å². The Labute approximate surface area is 116 Å². The van der Waals surface area contributed by atoms with Gasteiger partial charge < -0.3 is 9.67 Å². The van der Waals surface area contributed by atoms with Gasteiger partial charge in [-0.15, -0.1) is 0 Å². The lowest BCUT2D eigenvalue weighted by Crippen LogP contribution is -2.11. The first-order chi connectivity index (χ1) is 8.30. The lowest BCUT2D eigenvalue weighted by Gasteiger charge is -2.21. The first-order valence-electron chi connectivity index (χ1n) is 5.81. The summed E-state index contributed by atoms with van der Waals surface area (Å²) in [6.07, 6.45) is 3.60. The van der Waals surface area contributed by atoms with Crippen LogP contribution in [0.2, 0.25) is 0 Å². The van der Waals surface area contributed by atoms with Gasteiger partial charge in [0, 0.05) is 19.4 Å². The number of hydrogen-bond donors (Lipinski definition) is 1. The van der Waals surface area contributed by atoms with E-state index in [-0.39, 0.29) is 11.2 Å².